The lowest BCUT2D eigenvalue weighted by atomic mass is 10.1. The zero-order valence-corrected chi connectivity index (χ0v) is 19.2. The molecule has 0 fully saturated rings. The Balaban J connectivity index is 1.98. The van der Waals surface area contributed by atoms with Gasteiger partial charge in [-0.3, -0.25) is 9.36 Å². The summed E-state index contributed by atoms with van der Waals surface area (Å²) in [5.74, 6) is 0.686. The molecule has 160 valence electrons. The number of thioether (sulfide) groups is 1. The van der Waals surface area contributed by atoms with Gasteiger partial charge in [0.1, 0.15) is 17.3 Å². The van der Waals surface area contributed by atoms with Gasteiger partial charge in [0.2, 0.25) is 0 Å². The number of ether oxygens (including phenoxy) is 2. The summed E-state index contributed by atoms with van der Waals surface area (Å²) in [6, 6.07) is 9.90. The van der Waals surface area contributed by atoms with Crippen LogP contribution >= 0.6 is 34.7 Å². The van der Waals surface area contributed by atoms with Gasteiger partial charge in [-0.1, -0.05) is 40.8 Å². The van der Waals surface area contributed by atoms with Crippen molar-refractivity contribution in [1.82, 2.24) is 14.5 Å². The molecule has 0 amide bonds. The Bertz CT molecular complexity index is 1340. The molecule has 6 nitrogen and oxygen atoms in total. The van der Waals surface area contributed by atoms with E-state index in [0.717, 1.165) is 0 Å². The third-order valence-corrected chi connectivity index (χ3v) is 6.92. The van der Waals surface area contributed by atoms with E-state index in [1.54, 1.807) is 37.4 Å². The molecule has 2 heterocycles. The van der Waals surface area contributed by atoms with Gasteiger partial charge >= 0.3 is 0 Å². The maximum Gasteiger partial charge on any atom is 0.281 e. The van der Waals surface area contributed by atoms with Gasteiger partial charge in [0, 0.05) is 11.6 Å². The van der Waals surface area contributed by atoms with E-state index < -0.39 is 5.82 Å². The smallest absolute Gasteiger partial charge is 0.281 e. The van der Waals surface area contributed by atoms with Crippen molar-refractivity contribution in [3.8, 4) is 22.9 Å². The molecular formula is C21H17ClFN3O3S2. The van der Waals surface area contributed by atoms with Crippen molar-refractivity contribution in [1.29, 1.82) is 0 Å². The number of hydrogen-bond acceptors (Lipinski definition) is 7. The number of hydrogen-bond donors (Lipinski definition) is 0. The fourth-order valence-electron chi connectivity index (χ4n) is 3.16. The van der Waals surface area contributed by atoms with E-state index >= 15 is 0 Å². The van der Waals surface area contributed by atoms with E-state index in [1.165, 1.54) is 40.8 Å². The third-order valence-electron chi connectivity index (χ3n) is 4.69. The van der Waals surface area contributed by atoms with E-state index in [0.29, 0.717) is 26.2 Å². The Kier molecular flexibility index (Phi) is 6.17. The quantitative estimate of drug-likeness (QED) is 0.360. The van der Waals surface area contributed by atoms with Crippen LogP contribution < -0.4 is 15.0 Å². The molecule has 0 atom stereocenters. The predicted octanol–water partition coefficient (Wildman–Crippen LogP) is 5.10. The SMILES string of the molecule is COc1ccc(Cn2c(-c3cccc(Cl)c3F)nc3sc(SC)nc3c2=O)c(OC)c1. The maximum atomic E-state index is 14.9. The van der Waals surface area contributed by atoms with Gasteiger partial charge in [-0.15, -0.1) is 0 Å². The highest BCUT2D eigenvalue weighted by Gasteiger charge is 2.21. The molecule has 2 aromatic heterocycles. The molecule has 4 aromatic rings. The highest BCUT2D eigenvalue weighted by Crippen LogP contribution is 2.32. The molecular weight excluding hydrogens is 461 g/mol. The van der Waals surface area contributed by atoms with Gasteiger partial charge in [-0.25, -0.2) is 14.4 Å². The molecule has 0 aliphatic heterocycles. The fraction of sp³-hybridized carbons (Fsp3) is 0.190. The van der Waals surface area contributed by atoms with E-state index in [9.17, 15) is 9.18 Å². The van der Waals surface area contributed by atoms with E-state index in [4.69, 9.17) is 21.1 Å². The summed E-state index contributed by atoms with van der Waals surface area (Å²) in [6.45, 7) is 0.0996. The summed E-state index contributed by atoms with van der Waals surface area (Å²) in [5, 5.41) is -0.0467. The summed E-state index contributed by atoms with van der Waals surface area (Å²) in [7, 11) is 3.09. The molecule has 0 N–H and O–H groups in total. The summed E-state index contributed by atoms with van der Waals surface area (Å²) in [5.41, 5.74) is 0.718. The number of fused-ring (bicyclic) bond motifs is 1. The minimum atomic E-state index is -0.638. The van der Waals surface area contributed by atoms with Gasteiger partial charge in [0.15, 0.2) is 20.5 Å². The molecule has 0 unspecified atom stereocenters. The number of benzene rings is 2. The number of methoxy groups -OCH3 is 2. The van der Waals surface area contributed by atoms with Crippen LogP contribution in [0, 0.1) is 5.82 Å². The lowest BCUT2D eigenvalue weighted by Gasteiger charge is -2.15. The topological polar surface area (TPSA) is 66.2 Å². The number of nitrogens with zero attached hydrogens (tertiary/aromatic N) is 3. The molecule has 0 saturated heterocycles. The normalized spacial score (nSPS) is 11.1. The van der Waals surface area contributed by atoms with Crippen LogP contribution in [0.3, 0.4) is 0 Å². The molecule has 10 heteroatoms. The predicted molar refractivity (Wildman–Crippen MR) is 123 cm³/mol. The highest BCUT2D eigenvalue weighted by atomic mass is 35.5. The number of halogens is 2. The first kappa shape index (κ1) is 21.6. The van der Waals surface area contributed by atoms with Crippen molar-refractivity contribution in [2.45, 2.75) is 10.9 Å². The largest absolute Gasteiger partial charge is 0.497 e. The Labute approximate surface area is 190 Å². The Hall–Kier alpha value is -2.62. The van der Waals surface area contributed by atoms with Gasteiger partial charge in [-0.2, -0.15) is 0 Å². The van der Waals surface area contributed by atoms with Crippen LogP contribution in [0.4, 0.5) is 4.39 Å². The van der Waals surface area contributed by atoms with Crippen molar-refractivity contribution in [2.24, 2.45) is 0 Å². The molecule has 0 radical (unpaired) electrons. The van der Waals surface area contributed by atoms with Gasteiger partial charge in [-0.05, 0) is 30.5 Å². The highest BCUT2D eigenvalue weighted by molar-refractivity contribution is 8.00. The van der Waals surface area contributed by atoms with Crippen LogP contribution in [0.25, 0.3) is 21.7 Å². The average molecular weight is 478 g/mol. The molecule has 4 rings (SSSR count). The van der Waals surface area contributed by atoms with Crippen LogP contribution in [0.1, 0.15) is 5.56 Å². The summed E-state index contributed by atoms with van der Waals surface area (Å²) < 4.78 is 27.7. The number of thiazole rings is 1. The first-order valence-electron chi connectivity index (χ1n) is 9.07. The first-order valence-corrected chi connectivity index (χ1v) is 11.5. The Morgan fingerprint density at radius 3 is 2.71 bits per heavy atom. The maximum absolute atomic E-state index is 14.9. The van der Waals surface area contributed by atoms with Crippen molar-refractivity contribution in [3.05, 3.63) is 63.2 Å². The van der Waals surface area contributed by atoms with Gasteiger partial charge in [0.05, 0.1) is 31.4 Å². The van der Waals surface area contributed by atoms with Crippen molar-refractivity contribution < 1.29 is 13.9 Å². The summed E-state index contributed by atoms with van der Waals surface area (Å²) in [4.78, 5) is 22.9. The first-order chi connectivity index (χ1) is 15.0. The molecule has 31 heavy (non-hydrogen) atoms. The number of rotatable bonds is 6. The zero-order chi connectivity index (χ0) is 22.1. The van der Waals surface area contributed by atoms with Crippen molar-refractivity contribution in [2.75, 3.05) is 20.5 Å². The van der Waals surface area contributed by atoms with E-state index in [1.807, 2.05) is 6.26 Å². The Morgan fingerprint density at radius 2 is 2.00 bits per heavy atom. The van der Waals surface area contributed by atoms with Crippen LogP contribution in [-0.2, 0) is 6.54 Å². The lowest BCUT2D eigenvalue weighted by molar-refractivity contribution is 0.390. The monoisotopic (exact) mass is 477 g/mol. The molecule has 0 aliphatic rings. The second-order valence-corrected chi connectivity index (χ2v) is 8.88. The van der Waals surface area contributed by atoms with Crippen molar-refractivity contribution >= 4 is 45.0 Å². The average Bonchev–Trinajstić information content (AvgIpc) is 3.21. The lowest BCUT2D eigenvalue weighted by Crippen LogP contribution is -2.24. The second kappa shape index (κ2) is 8.86. The standard InChI is InChI=1S/C21H17ClFN3O3S2/c1-28-12-8-7-11(15(9-12)29-2)10-26-18(13-5-4-6-14(22)16(13)23)25-19-17(20(26)27)24-21(30-3)31-19/h4-9H,10H2,1-3H3. The minimum Gasteiger partial charge on any atom is -0.497 e. The van der Waals surface area contributed by atoms with Crippen LogP contribution in [0.5, 0.6) is 11.5 Å². The minimum absolute atomic E-state index is 0.0467. The van der Waals surface area contributed by atoms with Crippen LogP contribution in [0.2, 0.25) is 5.02 Å². The van der Waals surface area contributed by atoms with E-state index in [-0.39, 0.29) is 34.0 Å². The van der Waals surface area contributed by atoms with Gasteiger partial charge in [0.25, 0.3) is 5.56 Å². The fourth-order valence-corrected chi connectivity index (χ4v) is 4.75. The van der Waals surface area contributed by atoms with Crippen LogP contribution in [-0.4, -0.2) is 35.0 Å². The Morgan fingerprint density at radius 1 is 1.19 bits per heavy atom. The third kappa shape index (κ3) is 4.00. The molecule has 0 bridgehead atoms. The molecule has 2 aromatic carbocycles. The van der Waals surface area contributed by atoms with E-state index in [2.05, 4.69) is 9.97 Å². The zero-order valence-electron chi connectivity index (χ0n) is 16.8. The van der Waals surface area contributed by atoms with Crippen molar-refractivity contribution in [3.63, 3.8) is 0 Å². The number of aromatic nitrogens is 3. The molecule has 0 spiro atoms. The summed E-state index contributed by atoms with van der Waals surface area (Å²) in [6.07, 6.45) is 1.87. The molecule has 0 saturated carbocycles. The summed E-state index contributed by atoms with van der Waals surface area (Å²) >= 11 is 8.71. The van der Waals surface area contributed by atoms with Crippen LogP contribution in [0.15, 0.2) is 45.5 Å². The second-order valence-electron chi connectivity index (χ2n) is 6.44. The molecule has 0 aliphatic carbocycles. The van der Waals surface area contributed by atoms with Gasteiger partial charge < -0.3 is 9.47 Å².